The van der Waals surface area contributed by atoms with Gasteiger partial charge in [0.1, 0.15) is 0 Å². The Morgan fingerprint density at radius 1 is 1.11 bits per heavy atom. The second-order valence-corrected chi connectivity index (χ2v) is 9.76. The maximum Gasteiger partial charge on any atom is 0.0486 e. The zero-order chi connectivity index (χ0) is 13.8. The van der Waals surface area contributed by atoms with E-state index in [2.05, 4.69) is 13.8 Å². The van der Waals surface area contributed by atoms with E-state index in [0.717, 1.165) is 12.5 Å². The maximum absolute atomic E-state index is 6.06. The van der Waals surface area contributed by atoms with Crippen LogP contribution >= 0.6 is 0 Å². The van der Waals surface area contributed by atoms with Gasteiger partial charge in [0.15, 0.2) is 0 Å². The standard InChI is InChI=1S/C17H34OSi/c1-16(2,15-9-3-4-10-15)11-5-6-12-17(19)13-7-8-14-18-17/h15H,3-14H2,1-2,19H3. The SMILES string of the molecule is CC(C)(CCCCC1([SiH3])CCCCO1)C1CCCC1. The van der Waals surface area contributed by atoms with E-state index >= 15 is 0 Å². The molecule has 1 saturated carbocycles. The molecule has 0 aromatic heterocycles. The first kappa shape index (κ1) is 15.6. The maximum atomic E-state index is 6.06. The molecule has 0 radical (unpaired) electrons. The van der Waals surface area contributed by atoms with Crippen molar-refractivity contribution >= 4 is 10.2 Å². The molecule has 0 N–H and O–H groups in total. The van der Waals surface area contributed by atoms with Crippen LogP contribution in [0.2, 0.25) is 0 Å². The lowest BCUT2D eigenvalue weighted by Gasteiger charge is -2.35. The van der Waals surface area contributed by atoms with Gasteiger partial charge in [-0.1, -0.05) is 39.5 Å². The van der Waals surface area contributed by atoms with Gasteiger partial charge in [-0.05, 0) is 56.3 Å². The van der Waals surface area contributed by atoms with Crippen molar-refractivity contribution in [2.24, 2.45) is 11.3 Å². The minimum atomic E-state index is 0.343. The first-order chi connectivity index (χ1) is 9.02. The Morgan fingerprint density at radius 2 is 1.84 bits per heavy atom. The van der Waals surface area contributed by atoms with Crippen LogP contribution in [0.5, 0.6) is 0 Å². The third-order valence-electron chi connectivity index (χ3n) is 5.79. The molecule has 0 amide bonds. The highest BCUT2D eigenvalue weighted by Crippen LogP contribution is 2.43. The molecule has 0 spiro atoms. The number of hydrogen-bond acceptors (Lipinski definition) is 1. The molecule has 1 atom stereocenters. The fourth-order valence-corrected chi connectivity index (χ4v) is 5.09. The number of ether oxygens (including phenoxy) is 1. The second-order valence-electron chi connectivity index (χ2n) is 7.93. The van der Waals surface area contributed by atoms with Crippen molar-refractivity contribution in [2.75, 3.05) is 6.61 Å². The van der Waals surface area contributed by atoms with Gasteiger partial charge in [-0.25, -0.2) is 0 Å². The Morgan fingerprint density at radius 3 is 2.47 bits per heavy atom. The van der Waals surface area contributed by atoms with Gasteiger partial charge in [0, 0.05) is 22.1 Å². The zero-order valence-corrected chi connectivity index (χ0v) is 15.5. The normalized spacial score (nSPS) is 30.0. The Labute approximate surface area is 123 Å². The van der Waals surface area contributed by atoms with Gasteiger partial charge in [0.2, 0.25) is 0 Å². The largest absolute Gasteiger partial charge is 0.380 e. The van der Waals surface area contributed by atoms with E-state index in [-0.39, 0.29) is 0 Å². The van der Waals surface area contributed by atoms with E-state index in [9.17, 15) is 0 Å². The quantitative estimate of drug-likeness (QED) is 0.528. The van der Waals surface area contributed by atoms with Gasteiger partial charge in [-0.3, -0.25) is 0 Å². The second kappa shape index (κ2) is 6.75. The van der Waals surface area contributed by atoms with E-state index in [0.29, 0.717) is 10.6 Å². The molecule has 0 aromatic rings. The summed E-state index contributed by atoms with van der Waals surface area (Å²) in [4.78, 5) is 0. The van der Waals surface area contributed by atoms with Crippen LogP contribution in [0, 0.1) is 11.3 Å². The molecule has 1 aliphatic carbocycles. The molecular formula is C17H34OSi. The van der Waals surface area contributed by atoms with Crippen molar-refractivity contribution in [3.63, 3.8) is 0 Å². The molecule has 1 heterocycles. The lowest BCUT2D eigenvalue weighted by atomic mass is 9.74. The van der Waals surface area contributed by atoms with Crippen LogP contribution in [0.4, 0.5) is 0 Å². The van der Waals surface area contributed by atoms with Gasteiger partial charge in [0.25, 0.3) is 0 Å². The predicted octanol–water partition coefficient (Wildman–Crippen LogP) is 4.03. The minimum Gasteiger partial charge on any atom is -0.380 e. The summed E-state index contributed by atoms with van der Waals surface area (Å²) >= 11 is 0. The third kappa shape index (κ3) is 4.59. The Bertz CT molecular complexity index is 262. The molecule has 2 rings (SSSR count). The molecule has 0 aromatic carbocycles. The van der Waals surface area contributed by atoms with E-state index in [4.69, 9.17) is 4.74 Å². The highest BCUT2D eigenvalue weighted by Gasteiger charge is 2.32. The average molecular weight is 283 g/mol. The van der Waals surface area contributed by atoms with Gasteiger partial charge >= 0.3 is 0 Å². The summed E-state index contributed by atoms with van der Waals surface area (Å²) in [5, 5.41) is 0.343. The first-order valence-corrected chi connectivity index (χ1v) is 9.66. The Hall–Kier alpha value is 0.177. The van der Waals surface area contributed by atoms with Crippen molar-refractivity contribution in [1.82, 2.24) is 0 Å². The molecule has 1 aliphatic heterocycles. The summed E-state index contributed by atoms with van der Waals surface area (Å²) < 4.78 is 6.06. The average Bonchev–Trinajstić information content (AvgIpc) is 2.90. The number of hydrogen-bond donors (Lipinski definition) is 0. The summed E-state index contributed by atoms with van der Waals surface area (Å²) in [7, 11) is 1.22. The van der Waals surface area contributed by atoms with Crippen molar-refractivity contribution in [1.29, 1.82) is 0 Å². The van der Waals surface area contributed by atoms with Gasteiger partial charge in [-0.2, -0.15) is 0 Å². The Kier molecular flexibility index (Phi) is 5.53. The summed E-state index contributed by atoms with van der Waals surface area (Å²) in [5.41, 5.74) is 0.586. The zero-order valence-electron chi connectivity index (χ0n) is 13.5. The predicted molar refractivity (Wildman–Crippen MR) is 86.7 cm³/mol. The lowest BCUT2D eigenvalue weighted by Crippen LogP contribution is -2.36. The van der Waals surface area contributed by atoms with Crippen molar-refractivity contribution in [3.8, 4) is 0 Å². The first-order valence-electron chi connectivity index (χ1n) is 8.66. The molecule has 1 nitrogen and oxygen atoms in total. The van der Waals surface area contributed by atoms with Crippen molar-refractivity contribution in [2.45, 2.75) is 89.7 Å². The van der Waals surface area contributed by atoms with Crippen LogP contribution in [-0.4, -0.2) is 22.1 Å². The van der Waals surface area contributed by atoms with E-state index in [1.807, 2.05) is 0 Å². The smallest absolute Gasteiger partial charge is 0.0486 e. The molecule has 2 fully saturated rings. The highest BCUT2D eigenvalue weighted by atomic mass is 28.1. The van der Waals surface area contributed by atoms with Gasteiger partial charge in [-0.15, -0.1) is 0 Å². The van der Waals surface area contributed by atoms with Gasteiger partial charge in [0.05, 0.1) is 0 Å². The molecular weight excluding hydrogens is 248 g/mol. The van der Waals surface area contributed by atoms with Gasteiger partial charge < -0.3 is 4.74 Å². The van der Waals surface area contributed by atoms with E-state index in [1.165, 1.54) is 80.9 Å². The van der Waals surface area contributed by atoms with Crippen molar-refractivity contribution in [3.05, 3.63) is 0 Å². The van der Waals surface area contributed by atoms with Crippen LogP contribution in [0.1, 0.15) is 84.5 Å². The summed E-state index contributed by atoms with van der Waals surface area (Å²) in [6.07, 6.45) is 15.5. The monoisotopic (exact) mass is 282 g/mol. The van der Waals surface area contributed by atoms with E-state index in [1.54, 1.807) is 0 Å². The highest BCUT2D eigenvalue weighted by molar-refractivity contribution is 6.14. The Balaban J connectivity index is 1.65. The molecule has 0 bridgehead atoms. The summed E-state index contributed by atoms with van der Waals surface area (Å²) in [6, 6.07) is 0. The molecule has 112 valence electrons. The van der Waals surface area contributed by atoms with Crippen LogP contribution in [0.3, 0.4) is 0 Å². The summed E-state index contributed by atoms with van der Waals surface area (Å²) in [6.45, 7) is 6.05. The fraction of sp³-hybridized carbons (Fsp3) is 1.00. The third-order valence-corrected chi connectivity index (χ3v) is 7.08. The molecule has 2 heteroatoms. The van der Waals surface area contributed by atoms with Crippen LogP contribution in [0.25, 0.3) is 0 Å². The number of rotatable bonds is 6. The molecule has 2 aliphatic rings. The summed E-state index contributed by atoms with van der Waals surface area (Å²) in [5.74, 6) is 1.00. The van der Waals surface area contributed by atoms with Crippen LogP contribution in [-0.2, 0) is 4.74 Å². The molecule has 19 heavy (non-hydrogen) atoms. The fourth-order valence-electron chi connectivity index (χ4n) is 4.18. The van der Waals surface area contributed by atoms with E-state index < -0.39 is 0 Å². The van der Waals surface area contributed by atoms with Crippen molar-refractivity contribution < 1.29 is 4.74 Å². The van der Waals surface area contributed by atoms with Crippen LogP contribution in [0.15, 0.2) is 0 Å². The topological polar surface area (TPSA) is 9.23 Å². The lowest BCUT2D eigenvalue weighted by molar-refractivity contribution is -0.0244. The molecule has 1 saturated heterocycles. The van der Waals surface area contributed by atoms with Crippen LogP contribution < -0.4 is 0 Å². The molecule has 1 unspecified atom stereocenters. The minimum absolute atomic E-state index is 0.343. The number of unbranched alkanes of at least 4 members (excludes halogenated alkanes) is 1.